The summed E-state index contributed by atoms with van der Waals surface area (Å²) in [7, 11) is 0. The zero-order valence-electron chi connectivity index (χ0n) is 18.2. The van der Waals surface area contributed by atoms with Crippen molar-refractivity contribution < 1.29 is 7.16 Å². The lowest BCUT2D eigenvalue weighted by molar-refractivity contribution is 0.673. The number of nitrogens with zero attached hydrogens (tertiary/aromatic N) is 1. The number of fused-ring (bicyclic) bond motifs is 5. The van der Waals surface area contributed by atoms with Crippen molar-refractivity contribution in [2.75, 3.05) is 0 Å². The highest BCUT2D eigenvalue weighted by molar-refractivity contribution is 6.17. The molecule has 6 aromatic rings. The normalized spacial score (nSPS) is 12.9. The van der Waals surface area contributed by atoms with Crippen LogP contribution >= 0.6 is 0 Å². The predicted molar refractivity (Wildman–Crippen MR) is 124 cm³/mol. The summed E-state index contributed by atoms with van der Waals surface area (Å²) in [6.45, 7) is 0. The Morgan fingerprint density at radius 2 is 1.47 bits per heavy atom. The number of hydrogen-bond acceptors (Lipinski definition) is 2. The van der Waals surface area contributed by atoms with E-state index in [0.717, 1.165) is 38.3 Å². The molecule has 0 bridgehead atoms. The van der Waals surface area contributed by atoms with E-state index in [2.05, 4.69) is 35.3 Å². The van der Waals surface area contributed by atoms with Crippen molar-refractivity contribution in [1.29, 1.82) is 0 Å². The SMILES string of the molecule is [2H]C([2H])(c1ccccc1)c1ccnc(-c2cccc3c2oc2c4ccccc4ccc32)c1. The van der Waals surface area contributed by atoms with E-state index in [-0.39, 0.29) is 0 Å². The van der Waals surface area contributed by atoms with Crippen LogP contribution in [0.5, 0.6) is 0 Å². The van der Waals surface area contributed by atoms with Crippen LogP contribution in [0.2, 0.25) is 0 Å². The van der Waals surface area contributed by atoms with Gasteiger partial charge in [-0.1, -0.05) is 72.8 Å². The third kappa shape index (κ3) is 2.77. The molecule has 0 N–H and O–H groups in total. The Morgan fingerprint density at radius 3 is 2.40 bits per heavy atom. The second-order valence-electron chi connectivity index (χ2n) is 7.37. The van der Waals surface area contributed by atoms with Gasteiger partial charge in [0.05, 0.1) is 5.69 Å². The van der Waals surface area contributed by atoms with Gasteiger partial charge in [-0.2, -0.15) is 0 Å². The minimum Gasteiger partial charge on any atom is -0.455 e. The van der Waals surface area contributed by atoms with Gasteiger partial charge in [-0.25, -0.2) is 0 Å². The zero-order valence-corrected chi connectivity index (χ0v) is 16.2. The molecule has 4 aromatic carbocycles. The molecule has 2 heterocycles. The number of hydrogen-bond donors (Lipinski definition) is 0. The van der Waals surface area contributed by atoms with Gasteiger partial charge in [0.25, 0.3) is 0 Å². The highest BCUT2D eigenvalue weighted by Gasteiger charge is 2.15. The fourth-order valence-electron chi connectivity index (χ4n) is 4.07. The Kier molecular flexibility index (Phi) is 3.43. The summed E-state index contributed by atoms with van der Waals surface area (Å²) in [6.07, 6.45) is 0.0409. The molecule has 0 aliphatic rings. The molecule has 0 fully saturated rings. The van der Waals surface area contributed by atoms with Crippen molar-refractivity contribution in [3.05, 3.63) is 114 Å². The minimum absolute atomic E-state index is 0.562. The second kappa shape index (κ2) is 6.85. The number of pyridine rings is 1. The van der Waals surface area contributed by atoms with E-state index in [1.807, 2.05) is 60.7 Å². The Labute approximate surface area is 177 Å². The molecule has 0 unspecified atom stereocenters. The maximum absolute atomic E-state index is 8.72. The highest BCUT2D eigenvalue weighted by atomic mass is 16.3. The van der Waals surface area contributed by atoms with E-state index < -0.39 is 6.37 Å². The van der Waals surface area contributed by atoms with E-state index in [1.165, 1.54) is 0 Å². The lowest BCUT2D eigenvalue weighted by atomic mass is 10.0. The lowest BCUT2D eigenvalue weighted by Crippen LogP contribution is -1.91. The zero-order chi connectivity index (χ0) is 21.7. The quantitative estimate of drug-likeness (QED) is 0.316. The second-order valence-corrected chi connectivity index (χ2v) is 7.37. The van der Waals surface area contributed by atoms with Crippen LogP contribution in [-0.4, -0.2) is 4.98 Å². The Balaban J connectivity index is 1.56. The largest absolute Gasteiger partial charge is 0.455 e. The standard InChI is InChI=1S/C28H19NO/c1-2-7-19(8-3-1)17-20-15-16-29-26(18-20)25-12-6-11-23-24-14-13-21-9-4-5-10-22(21)27(24)30-28(23)25/h1-16,18H,17H2/i17D2. The van der Waals surface area contributed by atoms with Crippen LogP contribution in [0.15, 0.2) is 108 Å². The van der Waals surface area contributed by atoms with Crippen molar-refractivity contribution in [3.8, 4) is 11.3 Å². The third-order valence-electron chi connectivity index (χ3n) is 5.49. The van der Waals surface area contributed by atoms with Crippen molar-refractivity contribution in [2.24, 2.45) is 0 Å². The first-order valence-corrected chi connectivity index (χ1v) is 9.98. The summed E-state index contributed by atoms with van der Waals surface area (Å²) in [5.74, 6) is 0. The van der Waals surface area contributed by atoms with E-state index in [0.29, 0.717) is 16.8 Å². The molecule has 2 nitrogen and oxygen atoms in total. The van der Waals surface area contributed by atoms with Crippen molar-refractivity contribution in [2.45, 2.75) is 6.37 Å². The van der Waals surface area contributed by atoms with Crippen LogP contribution in [0.1, 0.15) is 13.9 Å². The maximum atomic E-state index is 8.72. The molecule has 0 radical (unpaired) electrons. The number of benzene rings is 4. The summed E-state index contributed by atoms with van der Waals surface area (Å²) in [5, 5.41) is 4.31. The van der Waals surface area contributed by atoms with E-state index in [4.69, 9.17) is 7.16 Å². The van der Waals surface area contributed by atoms with Crippen LogP contribution in [-0.2, 0) is 6.37 Å². The van der Waals surface area contributed by atoms with Gasteiger partial charge in [0.15, 0.2) is 0 Å². The van der Waals surface area contributed by atoms with Gasteiger partial charge in [-0.05, 0) is 47.2 Å². The molecule has 0 atom stereocenters. The van der Waals surface area contributed by atoms with Gasteiger partial charge in [0.1, 0.15) is 11.2 Å². The maximum Gasteiger partial charge on any atom is 0.144 e. The molecule has 142 valence electrons. The van der Waals surface area contributed by atoms with E-state index >= 15 is 0 Å². The first-order chi connectivity index (χ1) is 15.6. The smallest absolute Gasteiger partial charge is 0.144 e. The topological polar surface area (TPSA) is 26.0 Å². The first kappa shape index (κ1) is 15.0. The predicted octanol–water partition coefficient (Wildman–Crippen LogP) is 7.39. The summed E-state index contributed by atoms with van der Waals surface area (Å²) >= 11 is 0. The summed E-state index contributed by atoms with van der Waals surface area (Å²) in [6, 6.07) is 31.3. The molecular formula is C28H19NO. The van der Waals surface area contributed by atoms with Crippen molar-refractivity contribution >= 4 is 32.7 Å². The van der Waals surface area contributed by atoms with Gasteiger partial charge in [-0.3, -0.25) is 4.98 Å². The molecule has 0 aliphatic carbocycles. The van der Waals surface area contributed by atoms with Gasteiger partial charge in [-0.15, -0.1) is 0 Å². The molecule has 30 heavy (non-hydrogen) atoms. The van der Waals surface area contributed by atoms with Crippen LogP contribution in [0.4, 0.5) is 0 Å². The molecule has 0 amide bonds. The molecular weight excluding hydrogens is 366 g/mol. The van der Waals surface area contributed by atoms with E-state index in [1.54, 1.807) is 12.3 Å². The fraction of sp³-hybridized carbons (Fsp3) is 0.0357. The monoisotopic (exact) mass is 387 g/mol. The average Bonchev–Trinajstić information content (AvgIpc) is 3.24. The number of para-hydroxylation sites is 1. The first-order valence-electron chi connectivity index (χ1n) is 11.0. The van der Waals surface area contributed by atoms with Crippen LogP contribution < -0.4 is 0 Å². The van der Waals surface area contributed by atoms with Crippen LogP contribution in [0, 0.1) is 0 Å². The van der Waals surface area contributed by atoms with E-state index in [9.17, 15) is 0 Å². The van der Waals surface area contributed by atoms with Crippen LogP contribution in [0.3, 0.4) is 0 Å². The average molecular weight is 387 g/mol. The minimum atomic E-state index is -1.63. The molecule has 2 aromatic heterocycles. The van der Waals surface area contributed by atoms with Gasteiger partial charge < -0.3 is 4.42 Å². The Hall–Kier alpha value is -3.91. The molecule has 2 heteroatoms. The molecule has 0 saturated heterocycles. The van der Waals surface area contributed by atoms with Crippen LogP contribution in [0.25, 0.3) is 44.0 Å². The van der Waals surface area contributed by atoms with Crippen molar-refractivity contribution in [3.63, 3.8) is 0 Å². The Morgan fingerprint density at radius 1 is 0.667 bits per heavy atom. The summed E-state index contributed by atoms with van der Waals surface area (Å²) in [4.78, 5) is 4.57. The number of furan rings is 1. The Bertz CT molecular complexity index is 1600. The molecule has 6 rings (SSSR count). The van der Waals surface area contributed by atoms with Gasteiger partial charge in [0.2, 0.25) is 0 Å². The lowest BCUT2D eigenvalue weighted by Gasteiger charge is -2.06. The van der Waals surface area contributed by atoms with Crippen molar-refractivity contribution in [1.82, 2.24) is 4.98 Å². The highest BCUT2D eigenvalue weighted by Crippen LogP contribution is 2.38. The van der Waals surface area contributed by atoms with Gasteiger partial charge in [0, 0.05) is 30.7 Å². The third-order valence-corrected chi connectivity index (χ3v) is 5.49. The summed E-state index contributed by atoms with van der Waals surface area (Å²) < 4.78 is 23.9. The number of rotatable bonds is 3. The van der Waals surface area contributed by atoms with Gasteiger partial charge >= 0.3 is 0 Å². The fourth-order valence-corrected chi connectivity index (χ4v) is 4.07. The number of aromatic nitrogens is 1. The molecule has 0 aliphatic heterocycles. The molecule has 0 saturated carbocycles. The summed E-state index contributed by atoms with van der Waals surface area (Å²) in [5.41, 5.74) is 4.35. The molecule has 0 spiro atoms.